The van der Waals surface area contributed by atoms with Crippen LogP contribution in [0.25, 0.3) is 0 Å². The molecule has 1 aromatic carbocycles. The van der Waals surface area contributed by atoms with E-state index in [1.165, 1.54) is 22.1 Å². The van der Waals surface area contributed by atoms with Crippen molar-refractivity contribution in [1.29, 1.82) is 0 Å². The summed E-state index contributed by atoms with van der Waals surface area (Å²) < 4.78 is 33.8. The van der Waals surface area contributed by atoms with Gasteiger partial charge in [0.2, 0.25) is 10.0 Å². The molecular formula is C23H34N4O4S. The summed E-state index contributed by atoms with van der Waals surface area (Å²) >= 11 is 0. The number of carbonyl (C=O) groups excluding carboxylic acids is 1. The van der Waals surface area contributed by atoms with Crippen LogP contribution in [-0.4, -0.2) is 85.9 Å². The third-order valence-corrected chi connectivity index (χ3v) is 8.09. The quantitative estimate of drug-likeness (QED) is 0.570. The number of aromatic nitrogens is 1. The molecule has 0 aliphatic carbocycles. The number of aryl methyl sites for hydroxylation is 1. The van der Waals surface area contributed by atoms with Gasteiger partial charge in [0.1, 0.15) is 16.3 Å². The van der Waals surface area contributed by atoms with E-state index >= 15 is 0 Å². The first kappa shape index (κ1) is 24.3. The van der Waals surface area contributed by atoms with E-state index in [0.29, 0.717) is 31.9 Å². The SMILES string of the molecule is CCN(CC)S(=O)(=O)c1cc(C(=O)N2CCN(CCc3ccc(OC)cc3)CC2)n(C)c1. The molecule has 32 heavy (non-hydrogen) atoms. The second-order valence-electron chi connectivity index (χ2n) is 7.99. The minimum atomic E-state index is -3.59. The van der Waals surface area contributed by atoms with Gasteiger partial charge in [0.15, 0.2) is 0 Å². The van der Waals surface area contributed by atoms with E-state index in [1.54, 1.807) is 18.7 Å². The number of rotatable bonds is 9. The highest BCUT2D eigenvalue weighted by atomic mass is 32.2. The van der Waals surface area contributed by atoms with Crippen molar-refractivity contribution in [2.75, 3.05) is 52.9 Å². The van der Waals surface area contributed by atoms with Crippen LogP contribution in [0.2, 0.25) is 0 Å². The lowest BCUT2D eigenvalue weighted by atomic mass is 10.1. The monoisotopic (exact) mass is 462 g/mol. The normalized spacial score (nSPS) is 15.3. The highest BCUT2D eigenvalue weighted by Gasteiger charge is 2.28. The lowest BCUT2D eigenvalue weighted by Crippen LogP contribution is -2.49. The number of ether oxygens (including phenoxy) is 1. The van der Waals surface area contributed by atoms with Crippen molar-refractivity contribution in [2.45, 2.75) is 25.2 Å². The molecule has 176 valence electrons. The summed E-state index contributed by atoms with van der Waals surface area (Å²) in [5.74, 6) is 0.734. The van der Waals surface area contributed by atoms with Crippen molar-refractivity contribution in [1.82, 2.24) is 18.7 Å². The largest absolute Gasteiger partial charge is 0.497 e. The highest BCUT2D eigenvalue weighted by molar-refractivity contribution is 7.89. The molecule has 1 aromatic heterocycles. The Balaban J connectivity index is 1.57. The van der Waals surface area contributed by atoms with Crippen LogP contribution in [0.5, 0.6) is 5.75 Å². The van der Waals surface area contributed by atoms with Crippen LogP contribution in [0, 0.1) is 0 Å². The summed E-state index contributed by atoms with van der Waals surface area (Å²) in [5, 5.41) is 0. The Labute approximate surface area is 191 Å². The maximum absolute atomic E-state index is 13.1. The molecule has 0 N–H and O–H groups in total. The Morgan fingerprint density at radius 2 is 1.69 bits per heavy atom. The van der Waals surface area contributed by atoms with E-state index in [2.05, 4.69) is 17.0 Å². The van der Waals surface area contributed by atoms with Crippen molar-refractivity contribution in [2.24, 2.45) is 7.05 Å². The number of nitrogens with zero attached hydrogens (tertiary/aromatic N) is 4. The summed E-state index contributed by atoms with van der Waals surface area (Å²) in [6.07, 6.45) is 2.48. The summed E-state index contributed by atoms with van der Waals surface area (Å²) in [7, 11) is -0.204. The minimum absolute atomic E-state index is 0.122. The second kappa shape index (κ2) is 10.5. The molecular weight excluding hydrogens is 428 g/mol. The minimum Gasteiger partial charge on any atom is -0.497 e. The number of methoxy groups -OCH3 is 1. The Kier molecular flexibility index (Phi) is 7.97. The van der Waals surface area contributed by atoms with Gasteiger partial charge in [-0.05, 0) is 30.2 Å². The molecule has 1 saturated heterocycles. The third-order valence-electron chi connectivity index (χ3n) is 6.08. The van der Waals surface area contributed by atoms with Gasteiger partial charge in [0.05, 0.1) is 7.11 Å². The van der Waals surface area contributed by atoms with Gasteiger partial charge in [0, 0.05) is 59.1 Å². The third kappa shape index (κ3) is 5.33. The zero-order valence-electron chi connectivity index (χ0n) is 19.5. The van der Waals surface area contributed by atoms with E-state index in [1.807, 2.05) is 30.9 Å². The predicted octanol–water partition coefficient (Wildman–Crippen LogP) is 2.06. The smallest absolute Gasteiger partial charge is 0.270 e. The molecule has 0 spiro atoms. The highest BCUT2D eigenvalue weighted by Crippen LogP contribution is 2.20. The van der Waals surface area contributed by atoms with E-state index in [9.17, 15) is 13.2 Å². The van der Waals surface area contributed by atoms with E-state index in [0.717, 1.165) is 31.8 Å². The molecule has 0 atom stereocenters. The van der Waals surface area contributed by atoms with Gasteiger partial charge in [-0.25, -0.2) is 8.42 Å². The number of hydrogen-bond acceptors (Lipinski definition) is 5. The number of amides is 1. The molecule has 0 bridgehead atoms. The van der Waals surface area contributed by atoms with Gasteiger partial charge in [-0.3, -0.25) is 9.69 Å². The van der Waals surface area contributed by atoms with Crippen LogP contribution in [0.3, 0.4) is 0 Å². The van der Waals surface area contributed by atoms with Crippen LogP contribution in [0.15, 0.2) is 41.4 Å². The van der Waals surface area contributed by atoms with Gasteiger partial charge in [-0.1, -0.05) is 26.0 Å². The summed E-state index contributed by atoms with van der Waals surface area (Å²) in [5.41, 5.74) is 1.66. The average molecular weight is 463 g/mol. The number of sulfonamides is 1. The van der Waals surface area contributed by atoms with E-state index in [-0.39, 0.29) is 10.8 Å². The zero-order valence-corrected chi connectivity index (χ0v) is 20.3. The Hall–Kier alpha value is -2.36. The van der Waals surface area contributed by atoms with Crippen molar-refractivity contribution in [3.8, 4) is 5.75 Å². The molecule has 1 aliphatic heterocycles. The Bertz CT molecular complexity index is 1010. The van der Waals surface area contributed by atoms with Crippen molar-refractivity contribution >= 4 is 15.9 Å². The van der Waals surface area contributed by atoms with E-state index < -0.39 is 10.0 Å². The molecule has 9 heteroatoms. The number of carbonyl (C=O) groups is 1. The fourth-order valence-electron chi connectivity index (χ4n) is 4.02. The molecule has 2 aromatic rings. The molecule has 0 radical (unpaired) electrons. The fraction of sp³-hybridized carbons (Fsp3) is 0.522. The maximum Gasteiger partial charge on any atom is 0.270 e. The van der Waals surface area contributed by atoms with Crippen molar-refractivity contribution < 1.29 is 17.9 Å². The second-order valence-corrected chi connectivity index (χ2v) is 9.93. The van der Waals surface area contributed by atoms with Crippen molar-refractivity contribution in [3.05, 3.63) is 47.8 Å². The van der Waals surface area contributed by atoms with Crippen LogP contribution in [0.1, 0.15) is 29.9 Å². The number of hydrogen-bond donors (Lipinski definition) is 0. The first-order chi connectivity index (χ1) is 15.3. The van der Waals surface area contributed by atoms with Crippen LogP contribution < -0.4 is 4.74 Å². The number of piperazine rings is 1. The molecule has 0 saturated carbocycles. The average Bonchev–Trinajstić information content (AvgIpc) is 3.21. The Morgan fingerprint density at radius 3 is 2.25 bits per heavy atom. The van der Waals surface area contributed by atoms with Crippen LogP contribution >= 0.6 is 0 Å². The molecule has 3 rings (SSSR count). The molecule has 2 heterocycles. The standard InChI is InChI=1S/C23H34N4O4S/c1-5-27(6-2)32(29,30)21-17-22(24(3)18-21)23(28)26-15-13-25(14-16-26)12-11-19-7-9-20(31-4)10-8-19/h7-10,17-18H,5-6,11-16H2,1-4H3. The molecule has 1 amide bonds. The first-order valence-corrected chi connectivity index (χ1v) is 12.5. The van der Waals surface area contributed by atoms with Gasteiger partial charge >= 0.3 is 0 Å². The zero-order chi connectivity index (χ0) is 23.3. The summed E-state index contributed by atoms with van der Waals surface area (Å²) in [6, 6.07) is 9.61. The van der Waals surface area contributed by atoms with Gasteiger partial charge in [-0.15, -0.1) is 0 Å². The van der Waals surface area contributed by atoms with Crippen LogP contribution in [0.4, 0.5) is 0 Å². The molecule has 8 nitrogen and oxygen atoms in total. The molecule has 1 aliphatic rings. The van der Waals surface area contributed by atoms with Crippen molar-refractivity contribution in [3.63, 3.8) is 0 Å². The van der Waals surface area contributed by atoms with Gasteiger partial charge in [0.25, 0.3) is 5.91 Å². The summed E-state index contributed by atoms with van der Waals surface area (Å²) in [4.78, 5) is 17.4. The lowest BCUT2D eigenvalue weighted by molar-refractivity contribution is 0.0629. The van der Waals surface area contributed by atoms with Gasteiger partial charge < -0.3 is 14.2 Å². The molecule has 1 fully saturated rings. The molecule has 0 unspecified atom stereocenters. The predicted molar refractivity (Wildman–Crippen MR) is 125 cm³/mol. The fourth-order valence-corrected chi connectivity index (χ4v) is 5.55. The van der Waals surface area contributed by atoms with E-state index in [4.69, 9.17) is 4.74 Å². The van der Waals surface area contributed by atoms with Crippen LogP contribution in [-0.2, 0) is 23.5 Å². The Morgan fingerprint density at radius 1 is 1.06 bits per heavy atom. The number of benzene rings is 1. The lowest BCUT2D eigenvalue weighted by Gasteiger charge is -2.34. The topological polar surface area (TPSA) is 75.1 Å². The maximum atomic E-state index is 13.1. The van der Waals surface area contributed by atoms with Gasteiger partial charge in [-0.2, -0.15) is 4.31 Å². The first-order valence-electron chi connectivity index (χ1n) is 11.1. The summed E-state index contributed by atoms with van der Waals surface area (Å²) in [6.45, 7) is 8.22.